The Hall–Kier alpha value is -2.54. The summed E-state index contributed by atoms with van der Waals surface area (Å²) in [5.41, 5.74) is 2.55. The second-order valence-corrected chi connectivity index (χ2v) is 8.55. The Morgan fingerprint density at radius 1 is 1.03 bits per heavy atom. The zero-order valence-corrected chi connectivity index (χ0v) is 17.3. The fourth-order valence-electron chi connectivity index (χ4n) is 4.66. The first-order valence-electron chi connectivity index (χ1n) is 11.1. The van der Waals surface area contributed by atoms with Crippen molar-refractivity contribution in [1.29, 1.82) is 0 Å². The van der Waals surface area contributed by atoms with Crippen LogP contribution in [0.4, 0.5) is 10.3 Å². The lowest BCUT2D eigenvalue weighted by Gasteiger charge is -2.43. The molecule has 1 saturated heterocycles. The maximum atomic E-state index is 13.5. The van der Waals surface area contributed by atoms with E-state index in [9.17, 15) is 9.18 Å². The van der Waals surface area contributed by atoms with E-state index in [0.29, 0.717) is 25.1 Å². The van der Waals surface area contributed by atoms with Crippen LogP contribution in [0.25, 0.3) is 0 Å². The maximum absolute atomic E-state index is 13.5. The van der Waals surface area contributed by atoms with E-state index < -0.39 is 0 Å². The lowest BCUT2D eigenvalue weighted by molar-refractivity contribution is 0.0762. The first-order valence-corrected chi connectivity index (χ1v) is 11.1. The summed E-state index contributed by atoms with van der Waals surface area (Å²) in [6.07, 6.45) is 7.43. The Balaban J connectivity index is 1.24. The number of carbonyl (C=O) groups excluding carboxylic acids is 1. The number of hydrogen-bond acceptors (Lipinski definition) is 5. The summed E-state index contributed by atoms with van der Waals surface area (Å²) in [6.45, 7) is 5.31. The molecule has 0 atom stereocenters. The molecular weight excluding hydrogens is 381 g/mol. The van der Waals surface area contributed by atoms with Crippen LogP contribution in [0.3, 0.4) is 0 Å². The SMILES string of the molecule is O=C(c1cccc(F)c1)N1CCc2cnc(N3CCN(C4CCC4)CC3)nc2CC1. The van der Waals surface area contributed by atoms with Crippen molar-refractivity contribution in [1.82, 2.24) is 19.8 Å². The molecule has 2 aliphatic heterocycles. The van der Waals surface area contributed by atoms with Crippen molar-refractivity contribution in [3.8, 4) is 0 Å². The van der Waals surface area contributed by atoms with E-state index in [1.807, 2.05) is 6.20 Å². The van der Waals surface area contributed by atoms with Crippen LogP contribution in [0.15, 0.2) is 30.5 Å². The van der Waals surface area contributed by atoms with E-state index in [-0.39, 0.29) is 11.7 Å². The number of halogens is 1. The fraction of sp³-hybridized carbons (Fsp3) is 0.522. The summed E-state index contributed by atoms with van der Waals surface area (Å²) >= 11 is 0. The van der Waals surface area contributed by atoms with Gasteiger partial charge in [0.05, 0.1) is 5.69 Å². The molecule has 2 aromatic rings. The normalized spacial score (nSPS) is 20.4. The van der Waals surface area contributed by atoms with Crippen molar-refractivity contribution in [2.75, 3.05) is 44.2 Å². The van der Waals surface area contributed by atoms with Crippen molar-refractivity contribution < 1.29 is 9.18 Å². The van der Waals surface area contributed by atoms with Gasteiger partial charge in [0.25, 0.3) is 5.91 Å². The minimum Gasteiger partial charge on any atom is -0.338 e. The standard InChI is InChI=1S/C23H28FN5O/c24-19-4-1-3-17(15-19)22(30)28-9-7-18-16-25-23(26-21(18)8-10-28)29-13-11-27(12-14-29)20-5-2-6-20/h1,3-4,15-16,20H,2,5-14H2. The zero-order valence-electron chi connectivity index (χ0n) is 17.3. The predicted octanol–water partition coefficient (Wildman–Crippen LogP) is 2.53. The number of hydrogen-bond donors (Lipinski definition) is 0. The third-order valence-corrected chi connectivity index (χ3v) is 6.76. The van der Waals surface area contributed by atoms with Gasteiger partial charge in [0.1, 0.15) is 5.82 Å². The van der Waals surface area contributed by atoms with Gasteiger partial charge in [-0.05, 0) is 43.0 Å². The molecule has 7 heteroatoms. The molecule has 5 rings (SSSR count). The minimum atomic E-state index is -0.383. The first-order chi connectivity index (χ1) is 14.7. The van der Waals surface area contributed by atoms with Crippen LogP contribution in [0, 0.1) is 5.82 Å². The molecular formula is C23H28FN5O. The van der Waals surface area contributed by atoms with Crippen LogP contribution in [0.5, 0.6) is 0 Å². The molecule has 3 heterocycles. The van der Waals surface area contributed by atoms with Crippen molar-refractivity contribution in [2.45, 2.75) is 38.1 Å². The van der Waals surface area contributed by atoms with Crippen LogP contribution < -0.4 is 4.90 Å². The number of aromatic nitrogens is 2. The molecule has 0 N–H and O–H groups in total. The van der Waals surface area contributed by atoms with Gasteiger partial charge in [0.15, 0.2) is 0 Å². The van der Waals surface area contributed by atoms with Crippen molar-refractivity contribution >= 4 is 11.9 Å². The highest BCUT2D eigenvalue weighted by Crippen LogP contribution is 2.26. The molecule has 6 nitrogen and oxygen atoms in total. The first kappa shape index (κ1) is 19.4. The van der Waals surface area contributed by atoms with Crippen LogP contribution in [-0.4, -0.2) is 71.0 Å². The van der Waals surface area contributed by atoms with Crippen molar-refractivity contribution in [3.63, 3.8) is 0 Å². The molecule has 0 radical (unpaired) electrons. The van der Waals surface area contributed by atoms with E-state index in [0.717, 1.165) is 55.8 Å². The van der Waals surface area contributed by atoms with E-state index in [1.54, 1.807) is 17.0 Å². The highest BCUT2D eigenvalue weighted by molar-refractivity contribution is 5.94. The predicted molar refractivity (Wildman–Crippen MR) is 113 cm³/mol. The van der Waals surface area contributed by atoms with Gasteiger partial charge >= 0.3 is 0 Å². The second-order valence-electron chi connectivity index (χ2n) is 8.55. The fourth-order valence-corrected chi connectivity index (χ4v) is 4.66. The Morgan fingerprint density at radius 2 is 1.83 bits per heavy atom. The average Bonchev–Trinajstić information content (AvgIpc) is 2.95. The van der Waals surface area contributed by atoms with E-state index in [1.165, 1.54) is 31.4 Å². The van der Waals surface area contributed by atoms with E-state index in [4.69, 9.17) is 4.98 Å². The number of nitrogens with zero attached hydrogens (tertiary/aromatic N) is 5. The molecule has 1 aliphatic carbocycles. The molecule has 0 bridgehead atoms. The molecule has 0 unspecified atom stereocenters. The van der Waals surface area contributed by atoms with Crippen LogP contribution in [0.1, 0.15) is 40.9 Å². The third kappa shape index (κ3) is 3.90. The van der Waals surface area contributed by atoms with Gasteiger partial charge < -0.3 is 9.80 Å². The molecule has 1 aromatic heterocycles. The summed E-state index contributed by atoms with van der Waals surface area (Å²) in [4.78, 5) is 29.0. The Bertz CT molecular complexity index is 924. The quantitative estimate of drug-likeness (QED) is 0.780. The number of fused-ring (bicyclic) bond motifs is 1. The molecule has 2 fully saturated rings. The van der Waals surface area contributed by atoms with Crippen LogP contribution >= 0.6 is 0 Å². The zero-order chi connectivity index (χ0) is 20.5. The molecule has 1 saturated carbocycles. The molecule has 158 valence electrons. The van der Waals surface area contributed by atoms with Gasteiger partial charge in [-0.3, -0.25) is 9.69 Å². The molecule has 1 amide bonds. The number of rotatable bonds is 3. The smallest absolute Gasteiger partial charge is 0.253 e. The highest BCUT2D eigenvalue weighted by atomic mass is 19.1. The Kier molecular flexibility index (Phi) is 5.37. The van der Waals surface area contributed by atoms with Gasteiger partial charge in [-0.2, -0.15) is 0 Å². The Morgan fingerprint density at radius 3 is 2.57 bits per heavy atom. The Labute approximate surface area is 176 Å². The number of piperazine rings is 1. The molecule has 1 aromatic carbocycles. The molecule has 0 spiro atoms. The topological polar surface area (TPSA) is 52.6 Å². The number of amides is 1. The molecule has 30 heavy (non-hydrogen) atoms. The van der Waals surface area contributed by atoms with Crippen molar-refractivity contribution in [3.05, 3.63) is 53.1 Å². The lowest BCUT2D eigenvalue weighted by Crippen LogP contribution is -2.52. The number of carbonyl (C=O) groups is 1. The van der Waals surface area contributed by atoms with Crippen LogP contribution in [-0.2, 0) is 12.8 Å². The summed E-state index contributed by atoms with van der Waals surface area (Å²) in [7, 11) is 0. The largest absolute Gasteiger partial charge is 0.338 e. The molecule has 3 aliphatic rings. The second kappa shape index (κ2) is 8.30. The lowest BCUT2D eigenvalue weighted by atomic mass is 9.91. The maximum Gasteiger partial charge on any atom is 0.253 e. The van der Waals surface area contributed by atoms with Gasteiger partial charge in [0.2, 0.25) is 5.95 Å². The number of benzene rings is 1. The minimum absolute atomic E-state index is 0.123. The monoisotopic (exact) mass is 409 g/mol. The van der Waals surface area contributed by atoms with E-state index >= 15 is 0 Å². The third-order valence-electron chi connectivity index (χ3n) is 6.76. The van der Waals surface area contributed by atoms with Gasteiger partial charge in [-0.15, -0.1) is 0 Å². The van der Waals surface area contributed by atoms with E-state index in [2.05, 4.69) is 14.8 Å². The summed E-state index contributed by atoms with van der Waals surface area (Å²) < 4.78 is 13.5. The van der Waals surface area contributed by atoms with Gasteiger partial charge in [-0.25, -0.2) is 14.4 Å². The average molecular weight is 410 g/mol. The van der Waals surface area contributed by atoms with Gasteiger partial charge in [0, 0.05) is 63.5 Å². The summed E-state index contributed by atoms with van der Waals surface area (Å²) in [5, 5.41) is 0. The summed E-state index contributed by atoms with van der Waals surface area (Å²) in [6, 6.07) is 6.71. The van der Waals surface area contributed by atoms with Crippen LogP contribution in [0.2, 0.25) is 0 Å². The van der Waals surface area contributed by atoms with Crippen molar-refractivity contribution in [2.24, 2.45) is 0 Å². The number of anilines is 1. The highest BCUT2D eigenvalue weighted by Gasteiger charge is 2.29. The van der Waals surface area contributed by atoms with Gasteiger partial charge in [-0.1, -0.05) is 12.5 Å². The summed E-state index contributed by atoms with van der Waals surface area (Å²) in [5.74, 6) is 0.307.